The highest BCUT2D eigenvalue weighted by molar-refractivity contribution is 9.10. The number of phenols is 1. The number of benzene rings is 2. The SMILES string of the molecule is Cc1cccc(CNc2ccc(S(N)(=O)=O)cc2Br)c1O. The van der Waals surface area contributed by atoms with E-state index in [1.54, 1.807) is 6.07 Å². The molecule has 0 aliphatic rings. The van der Waals surface area contributed by atoms with Crippen molar-refractivity contribution in [1.82, 2.24) is 0 Å². The molecule has 2 rings (SSSR count). The normalized spacial score (nSPS) is 11.4. The lowest BCUT2D eigenvalue weighted by Gasteiger charge is -2.11. The number of phenolic OH excluding ortho intramolecular Hbond substituents is 1. The Morgan fingerprint density at radius 1 is 1.29 bits per heavy atom. The average Bonchev–Trinajstić information content (AvgIpc) is 2.40. The number of nitrogens with two attached hydrogens (primary N) is 1. The molecule has 112 valence electrons. The van der Waals surface area contributed by atoms with Crippen molar-refractivity contribution in [3.05, 3.63) is 52.0 Å². The largest absolute Gasteiger partial charge is 0.507 e. The first-order chi connectivity index (χ1) is 9.79. The van der Waals surface area contributed by atoms with E-state index in [0.29, 0.717) is 16.7 Å². The predicted octanol–water partition coefficient (Wildman–Crippen LogP) is 2.72. The number of hydrogen-bond donors (Lipinski definition) is 3. The fourth-order valence-electron chi connectivity index (χ4n) is 1.87. The maximum absolute atomic E-state index is 11.3. The highest BCUT2D eigenvalue weighted by atomic mass is 79.9. The van der Waals surface area contributed by atoms with E-state index in [0.717, 1.165) is 11.1 Å². The van der Waals surface area contributed by atoms with Crippen molar-refractivity contribution < 1.29 is 13.5 Å². The average molecular weight is 371 g/mol. The van der Waals surface area contributed by atoms with Gasteiger partial charge < -0.3 is 10.4 Å². The van der Waals surface area contributed by atoms with Crippen LogP contribution in [0.15, 0.2) is 45.8 Å². The van der Waals surface area contributed by atoms with E-state index >= 15 is 0 Å². The van der Waals surface area contributed by atoms with Crippen LogP contribution >= 0.6 is 15.9 Å². The summed E-state index contributed by atoms with van der Waals surface area (Å²) in [6, 6.07) is 10.0. The van der Waals surface area contributed by atoms with Crippen LogP contribution in [-0.2, 0) is 16.6 Å². The zero-order valence-electron chi connectivity index (χ0n) is 11.3. The van der Waals surface area contributed by atoms with Gasteiger partial charge in [-0.25, -0.2) is 13.6 Å². The molecule has 0 saturated carbocycles. The number of primary sulfonamides is 1. The Bertz CT molecular complexity index is 776. The first-order valence-electron chi connectivity index (χ1n) is 6.12. The van der Waals surface area contributed by atoms with Gasteiger partial charge in [-0.3, -0.25) is 0 Å². The molecule has 2 aromatic carbocycles. The van der Waals surface area contributed by atoms with Gasteiger partial charge in [-0.05, 0) is 46.6 Å². The minimum atomic E-state index is -3.72. The third kappa shape index (κ3) is 3.75. The maximum atomic E-state index is 11.3. The molecular formula is C14H15BrN2O3S. The van der Waals surface area contributed by atoms with Crippen LogP contribution in [0.4, 0.5) is 5.69 Å². The minimum absolute atomic E-state index is 0.0401. The van der Waals surface area contributed by atoms with Crippen molar-refractivity contribution in [2.45, 2.75) is 18.4 Å². The Hall–Kier alpha value is -1.57. The van der Waals surface area contributed by atoms with Gasteiger partial charge in [0.15, 0.2) is 0 Å². The molecule has 0 spiro atoms. The Kier molecular flexibility index (Phi) is 4.55. The van der Waals surface area contributed by atoms with E-state index in [9.17, 15) is 13.5 Å². The zero-order chi connectivity index (χ0) is 15.6. The molecule has 0 aliphatic carbocycles. The molecule has 4 N–H and O–H groups in total. The number of sulfonamides is 1. The number of nitrogens with one attached hydrogen (secondary N) is 1. The third-order valence-corrected chi connectivity index (χ3v) is 4.63. The molecule has 0 saturated heterocycles. The maximum Gasteiger partial charge on any atom is 0.238 e. The molecular weight excluding hydrogens is 356 g/mol. The lowest BCUT2D eigenvalue weighted by atomic mass is 10.1. The van der Waals surface area contributed by atoms with Gasteiger partial charge in [0.25, 0.3) is 0 Å². The second kappa shape index (κ2) is 6.05. The van der Waals surface area contributed by atoms with Crippen molar-refractivity contribution in [3.8, 4) is 5.75 Å². The van der Waals surface area contributed by atoms with Crippen molar-refractivity contribution >= 4 is 31.6 Å². The molecule has 7 heteroatoms. The molecule has 0 aromatic heterocycles. The number of halogens is 1. The fraction of sp³-hybridized carbons (Fsp3) is 0.143. The second-order valence-corrected chi connectivity index (χ2v) is 7.04. The van der Waals surface area contributed by atoms with Gasteiger partial charge in [0.1, 0.15) is 5.75 Å². The van der Waals surface area contributed by atoms with Crippen LogP contribution in [0.1, 0.15) is 11.1 Å². The topological polar surface area (TPSA) is 92.4 Å². The molecule has 0 unspecified atom stereocenters. The summed E-state index contributed by atoms with van der Waals surface area (Å²) in [4.78, 5) is 0.0401. The molecule has 21 heavy (non-hydrogen) atoms. The van der Waals surface area contributed by atoms with E-state index < -0.39 is 10.0 Å². The van der Waals surface area contributed by atoms with E-state index in [2.05, 4.69) is 21.2 Å². The summed E-state index contributed by atoms with van der Waals surface area (Å²) in [6.07, 6.45) is 0. The van der Waals surface area contributed by atoms with Gasteiger partial charge in [0.2, 0.25) is 10.0 Å². The Morgan fingerprint density at radius 2 is 2.00 bits per heavy atom. The predicted molar refractivity (Wildman–Crippen MR) is 85.7 cm³/mol. The molecule has 0 fully saturated rings. The van der Waals surface area contributed by atoms with Crippen LogP contribution in [0.2, 0.25) is 0 Å². The van der Waals surface area contributed by atoms with Gasteiger partial charge >= 0.3 is 0 Å². The number of hydrogen-bond acceptors (Lipinski definition) is 4. The number of anilines is 1. The smallest absolute Gasteiger partial charge is 0.238 e. The van der Waals surface area contributed by atoms with Crippen LogP contribution in [0.5, 0.6) is 5.75 Å². The van der Waals surface area contributed by atoms with Crippen molar-refractivity contribution in [2.24, 2.45) is 5.14 Å². The lowest BCUT2D eigenvalue weighted by Crippen LogP contribution is -2.12. The van der Waals surface area contributed by atoms with Crippen LogP contribution in [-0.4, -0.2) is 13.5 Å². The third-order valence-electron chi connectivity index (χ3n) is 3.06. The molecule has 2 aromatic rings. The standard InChI is InChI=1S/C14H15BrN2O3S/c1-9-3-2-4-10(14(9)18)8-17-13-6-5-11(7-12(13)15)21(16,19)20/h2-7,17-18H,8H2,1H3,(H2,16,19,20). The van der Waals surface area contributed by atoms with E-state index in [-0.39, 0.29) is 10.6 Å². The summed E-state index contributed by atoms with van der Waals surface area (Å²) in [5.41, 5.74) is 2.28. The van der Waals surface area contributed by atoms with E-state index in [1.807, 2.05) is 25.1 Å². The van der Waals surface area contributed by atoms with Crippen molar-refractivity contribution in [2.75, 3.05) is 5.32 Å². The monoisotopic (exact) mass is 370 g/mol. The molecule has 0 heterocycles. The summed E-state index contributed by atoms with van der Waals surface area (Å²) in [5, 5.41) is 18.2. The van der Waals surface area contributed by atoms with Crippen LogP contribution < -0.4 is 10.5 Å². The van der Waals surface area contributed by atoms with Gasteiger partial charge in [-0.2, -0.15) is 0 Å². The zero-order valence-corrected chi connectivity index (χ0v) is 13.7. The summed E-state index contributed by atoms with van der Waals surface area (Å²) in [5.74, 6) is 0.252. The summed E-state index contributed by atoms with van der Waals surface area (Å²) < 4.78 is 23.1. The Morgan fingerprint density at radius 3 is 2.62 bits per heavy atom. The molecule has 0 atom stereocenters. The van der Waals surface area contributed by atoms with Crippen molar-refractivity contribution in [3.63, 3.8) is 0 Å². The molecule has 5 nitrogen and oxygen atoms in total. The Labute approximate surface area is 132 Å². The number of para-hydroxylation sites is 1. The summed E-state index contributed by atoms with van der Waals surface area (Å²) in [6.45, 7) is 2.25. The Balaban J connectivity index is 2.19. The molecule has 0 amide bonds. The van der Waals surface area contributed by atoms with Gasteiger partial charge in [-0.1, -0.05) is 18.2 Å². The quantitative estimate of drug-likeness (QED) is 0.771. The second-order valence-electron chi connectivity index (χ2n) is 4.62. The van der Waals surface area contributed by atoms with Crippen LogP contribution in [0, 0.1) is 6.92 Å². The minimum Gasteiger partial charge on any atom is -0.507 e. The highest BCUT2D eigenvalue weighted by Crippen LogP contribution is 2.27. The first kappa shape index (κ1) is 15.8. The number of rotatable bonds is 4. The van der Waals surface area contributed by atoms with Gasteiger partial charge in [-0.15, -0.1) is 0 Å². The lowest BCUT2D eigenvalue weighted by molar-refractivity contribution is 0.465. The number of aromatic hydroxyl groups is 1. The van der Waals surface area contributed by atoms with Crippen LogP contribution in [0.3, 0.4) is 0 Å². The summed E-state index contributed by atoms with van der Waals surface area (Å²) in [7, 11) is -3.72. The van der Waals surface area contributed by atoms with E-state index in [4.69, 9.17) is 5.14 Å². The van der Waals surface area contributed by atoms with E-state index in [1.165, 1.54) is 12.1 Å². The highest BCUT2D eigenvalue weighted by Gasteiger charge is 2.11. The van der Waals surface area contributed by atoms with Gasteiger partial charge in [0, 0.05) is 22.3 Å². The van der Waals surface area contributed by atoms with Crippen molar-refractivity contribution in [1.29, 1.82) is 0 Å². The fourth-order valence-corrected chi connectivity index (χ4v) is 3.08. The summed E-state index contributed by atoms with van der Waals surface area (Å²) >= 11 is 3.30. The van der Waals surface area contributed by atoms with Gasteiger partial charge in [0.05, 0.1) is 4.90 Å². The molecule has 0 radical (unpaired) electrons. The van der Waals surface area contributed by atoms with Crippen LogP contribution in [0.25, 0.3) is 0 Å². The first-order valence-corrected chi connectivity index (χ1v) is 8.46. The molecule has 0 aliphatic heterocycles. The molecule has 0 bridgehead atoms. The number of aryl methyl sites for hydroxylation is 1.